The maximum absolute atomic E-state index is 12.6. The zero-order valence-corrected chi connectivity index (χ0v) is 14.6. The summed E-state index contributed by atoms with van der Waals surface area (Å²) in [7, 11) is 1.62. The zero-order valence-electron chi connectivity index (χ0n) is 13.8. The van der Waals surface area contributed by atoms with Crippen LogP contribution in [-0.4, -0.2) is 21.7 Å². The second kappa shape index (κ2) is 6.14. The van der Waals surface area contributed by atoms with Crippen LogP contribution in [0, 0.1) is 6.92 Å². The molecule has 0 unspecified atom stereocenters. The molecule has 2 aromatic heterocycles. The Kier molecular flexibility index (Phi) is 3.82. The Labute approximate surface area is 147 Å². The van der Waals surface area contributed by atoms with Crippen molar-refractivity contribution >= 4 is 22.4 Å². The second-order valence-electron chi connectivity index (χ2n) is 5.69. The lowest BCUT2D eigenvalue weighted by atomic mass is 10.1. The highest BCUT2D eigenvalue weighted by molar-refractivity contribution is 7.15. The fraction of sp³-hybridized carbons (Fsp3) is 0.105. The first kappa shape index (κ1) is 15.5. The van der Waals surface area contributed by atoms with Gasteiger partial charge in [-0.3, -0.25) is 4.79 Å². The molecule has 0 saturated heterocycles. The van der Waals surface area contributed by atoms with Crippen molar-refractivity contribution in [1.29, 1.82) is 0 Å². The van der Waals surface area contributed by atoms with Gasteiger partial charge in [0.25, 0.3) is 5.56 Å². The molecule has 6 heteroatoms. The van der Waals surface area contributed by atoms with Crippen molar-refractivity contribution in [2.24, 2.45) is 0 Å². The summed E-state index contributed by atoms with van der Waals surface area (Å²) in [6.07, 6.45) is 1.83. The van der Waals surface area contributed by atoms with Gasteiger partial charge < -0.3 is 4.74 Å². The monoisotopic (exact) mass is 349 g/mol. The number of hydrogen-bond donors (Lipinski definition) is 0. The van der Waals surface area contributed by atoms with E-state index in [2.05, 4.69) is 10.1 Å². The number of aryl methyl sites for hydroxylation is 1. The van der Waals surface area contributed by atoms with Gasteiger partial charge in [0.1, 0.15) is 5.75 Å². The molecule has 124 valence electrons. The topological polar surface area (TPSA) is 56.5 Å². The number of nitrogens with zero attached hydrogens (tertiary/aromatic N) is 3. The fourth-order valence-electron chi connectivity index (χ4n) is 2.62. The van der Waals surface area contributed by atoms with Gasteiger partial charge >= 0.3 is 0 Å². The third-order valence-corrected chi connectivity index (χ3v) is 4.81. The molecule has 4 rings (SSSR count). The minimum Gasteiger partial charge on any atom is -0.497 e. The molecule has 0 amide bonds. The van der Waals surface area contributed by atoms with Gasteiger partial charge in [-0.2, -0.15) is 9.50 Å². The van der Waals surface area contributed by atoms with Crippen molar-refractivity contribution in [1.82, 2.24) is 14.6 Å². The molecule has 0 bridgehead atoms. The number of rotatable bonds is 3. The molecular formula is C19H15N3O2S. The molecule has 0 atom stereocenters. The van der Waals surface area contributed by atoms with E-state index in [9.17, 15) is 4.79 Å². The first-order chi connectivity index (χ1) is 12.1. The van der Waals surface area contributed by atoms with Gasteiger partial charge in [-0.05, 0) is 36.8 Å². The Hall–Kier alpha value is -2.99. The van der Waals surface area contributed by atoms with E-state index in [4.69, 9.17) is 4.74 Å². The molecule has 0 N–H and O–H groups in total. The first-order valence-electron chi connectivity index (χ1n) is 7.76. The average Bonchev–Trinajstić information content (AvgIpc) is 3.15. The summed E-state index contributed by atoms with van der Waals surface area (Å²) < 4.78 is 7.18. The van der Waals surface area contributed by atoms with Gasteiger partial charge in [0, 0.05) is 5.56 Å². The highest BCUT2D eigenvalue weighted by atomic mass is 32.1. The maximum atomic E-state index is 12.6. The number of benzene rings is 2. The van der Waals surface area contributed by atoms with Crippen LogP contribution in [0.4, 0.5) is 0 Å². The first-order valence-corrected chi connectivity index (χ1v) is 8.58. The molecule has 2 heterocycles. The Morgan fingerprint density at radius 2 is 2.00 bits per heavy atom. The van der Waals surface area contributed by atoms with Gasteiger partial charge in [-0.15, -0.1) is 5.10 Å². The smallest absolute Gasteiger partial charge is 0.291 e. The lowest BCUT2D eigenvalue weighted by Crippen LogP contribution is -2.23. The SMILES string of the molecule is COc1cccc(C=c2sc3nc(-c4cccc(C)c4)nn3c2=O)c1. The van der Waals surface area contributed by atoms with E-state index in [1.165, 1.54) is 15.9 Å². The molecule has 0 aliphatic heterocycles. The van der Waals surface area contributed by atoms with Crippen molar-refractivity contribution in [3.63, 3.8) is 0 Å². The van der Waals surface area contributed by atoms with E-state index < -0.39 is 0 Å². The molecule has 2 aromatic carbocycles. The van der Waals surface area contributed by atoms with E-state index in [0.717, 1.165) is 22.4 Å². The Morgan fingerprint density at radius 3 is 2.76 bits per heavy atom. The molecule has 0 spiro atoms. The van der Waals surface area contributed by atoms with E-state index in [0.29, 0.717) is 15.3 Å². The predicted molar refractivity (Wildman–Crippen MR) is 99.1 cm³/mol. The minimum absolute atomic E-state index is 0.158. The number of fused-ring (bicyclic) bond motifs is 1. The number of aromatic nitrogens is 3. The van der Waals surface area contributed by atoms with Gasteiger partial charge in [0.05, 0.1) is 11.6 Å². The molecule has 0 saturated carbocycles. The Morgan fingerprint density at radius 1 is 1.16 bits per heavy atom. The molecule has 25 heavy (non-hydrogen) atoms. The molecule has 4 aromatic rings. The molecular weight excluding hydrogens is 334 g/mol. The number of methoxy groups -OCH3 is 1. The standard InChI is InChI=1S/C19H15N3O2S/c1-12-5-3-7-14(9-12)17-20-19-22(21-17)18(23)16(25-19)11-13-6-4-8-15(10-13)24-2/h3-11H,1-2H3. The average molecular weight is 349 g/mol. The van der Waals surface area contributed by atoms with Crippen LogP contribution in [0.15, 0.2) is 53.3 Å². The van der Waals surface area contributed by atoms with Gasteiger partial charge in [-0.1, -0.05) is 47.2 Å². The molecule has 0 aliphatic carbocycles. The largest absolute Gasteiger partial charge is 0.497 e. The Balaban J connectivity index is 1.80. The Bertz CT molecular complexity index is 1180. The summed E-state index contributed by atoms with van der Waals surface area (Å²) in [6, 6.07) is 15.5. The van der Waals surface area contributed by atoms with Crippen LogP contribution >= 0.6 is 11.3 Å². The number of ether oxygens (including phenoxy) is 1. The lowest BCUT2D eigenvalue weighted by Gasteiger charge is -1.99. The van der Waals surface area contributed by atoms with Crippen LogP contribution in [0.25, 0.3) is 22.4 Å². The van der Waals surface area contributed by atoms with Crippen molar-refractivity contribution in [3.8, 4) is 17.1 Å². The van der Waals surface area contributed by atoms with Crippen molar-refractivity contribution in [2.45, 2.75) is 6.92 Å². The lowest BCUT2D eigenvalue weighted by molar-refractivity contribution is 0.414. The normalized spacial score (nSPS) is 12.0. The summed E-state index contributed by atoms with van der Waals surface area (Å²) >= 11 is 1.33. The summed E-state index contributed by atoms with van der Waals surface area (Å²) in [5.74, 6) is 1.32. The third-order valence-electron chi connectivity index (χ3n) is 3.85. The minimum atomic E-state index is -0.158. The predicted octanol–water partition coefficient (Wildman–Crippen LogP) is 2.68. The van der Waals surface area contributed by atoms with E-state index in [1.54, 1.807) is 7.11 Å². The highest BCUT2D eigenvalue weighted by Gasteiger charge is 2.12. The molecule has 5 nitrogen and oxygen atoms in total. The quantitative estimate of drug-likeness (QED) is 0.571. The zero-order chi connectivity index (χ0) is 17.4. The summed E-state index contributed by atoms with van der Waals surface area (Å²) in [4.78, 5) is 17.7. The summed E-state index contributed by atoms with van der Waals surface area (Å²) in [5.41, 5.74) is 2.78. The van der Waals surface area contributed by atoms with Crippen LogP contribution in [0.5, 0.6) is 5.75 Å². The number of hydrogen-bond acceptors (Lipinski definition) is 5. The van der Waals surface area contributed by atoms with Crippen molar-refractivity contribution in [3.05, 3.63) is 74.5 Å². The number of thiazole rings is 1. The van der Waals surface area contributed by atoms with Crippen LogP contribution in [0.1, 0.15) is 11.1 Å². The van der Waals surface area contributed by atoms with Gasteiger partial charge in [0.2, 0.25) is 4.96 Å². The second-order valence-corrected chi connectivity index (χ2v) is 6.70. The van der Waals surface area contributed by atoms with E-state index in [1.807, 2.05) is 61.5 Å². The van der Waals surface area contributed by atoms with Crippen LogP contribution < -0.4 is 14.8 Å². The third kappa shape index (κ3) is 2.92. The molecule has 0 fully saturated rings. The van der Waals surface area contributed by atoms with Crippen LogP contribution in [0.3, 0.4) is 0 Å². The van der Waals surface area contributed by atoms with Gasteiger partial charge in [-0.25, -0.2) is 0 Å². The molecule has 0 radical (unpaired) electrons. The van der Waals surface area contributed by atoms with Crippen molar-refractivity contribution < 1.29 is 4.74 Å². The van der Waals surface area contributed by atoms with Crippen molar-refractivity contribution in [2.75, 3.05) is 7.11 Å². The summed E-state index contributed by atoms with van der Waals surface area (Å²) in [6.45, 7) is 2.02. The fourth-order valence-corrected chi connectivity index (χ4v) is 3.53. The highest BCUT2D eigenvalue weighted by Crippen LogP contribution is 2.18. The van der Waals surface area contributed by atoms with Gasteiger partial charge in [0.15, 0.2) is 5.82 Å². The molecule has 0 aliphatic rings. The summed E-state index contributed by atoms with van der Waals surface area (Å²) in [5, 5.41) is 4.38. The van der Waals surface area contributed by atoms with Crippen LogP contribution in [0.2, 0.25) is 0 Å². The maximum Gasteiger partial charge on any atom is 0.291 e. The van der Waals surface area contributed by atoms with E-state index >= 15 is 0 Å². The van der Waals surface area contributed by atoms with E-state index in [-0.39, 0.29) is 5.56 Å². The van der Waals surface area contributed by atoms with Crippen LogP contribution in [-0.2, 0) is 0 Å².